The number of thioether (sulfide) groups is 1. The number of methoxy groups -OCH3 is 1. The fourth-order valence-corrected chi connectivity index (χ4v) is 4.40. The van der Waals surface area contributed by atoms with Crippen LogP contribution in [0.2, 0.25) is 0 Å². The van der Waals surface area contributed by atoms with Gasteiger partial charge in [0.05, 0.1) is 12.4 Å². The number of carbonyl (C=O) groups excluding carboxylic acids is 1. The van der Waals surface area contributed by atoms with Crippen LogP contribution in [0.4, 0.5) is 0 Å². The molecule has 7 nitrogen and oxygen atoms in total. The van der Waals surface area contributed by atoms with Crippen LogP contribution in [0, 0.1) is 11.8 Å². The number of ether oxygens (including phenoxy) is 1. The number of para-hydroxylation sites is 2. The molecule has 0 unspecified atom stereocenters. The van der Waals surface area contributed by atoms with Gasteiger partial charge >= 0.3 is 0 Å². The Bertz CT molecular complexity index is 756. The average Bonchev–Trinajstić information content (AvgIpc) is 3.08. The Kier molecular flexibility index (Phi) is 5.80. The van der Waals surface area contributed by atoms with E-state index in [1.807, 2.05) is 36.1 Å². The fourth-order valence-electron chi connectivity index (χ4n) is 3.52. The zero-order valence-corrected chi connectivity index (χ0v) is 16.4. The first kappa shape index (κ1) is 18.7. The number of likely N-dealkylation sites (tertiary alicyclic amines) is 1. The summed E-state index contributed by atoms with van der Waals surface area (Å²) in [5, 5.41) is 12.3. The van der Waals surface area contributed by atoms with Gasteiger partial charge in [0.2, 0.25) is 11.1 Å². The molecule has 26 heavy (non-hydrogen) atoms. The number of tetrazole rings is 1. The Morgan fingerprint density at radius 2 is 1.96 bits per heavy atom. The van der Waals surface area contributed by atoms with E-state index in [0.717, 1.165) is 18.8 Å². The summed E-state index contributed by atoms with van der Waals surface area (Å²) in [5.74, 6) is 1.90. The van der Waals surface area contributed by atoms with Gasteiger partial charge in [-0.15, -0.1) is 5.10 Å². The molecule has 1 aromatic heterocycles. The number of aromatic nitrogens is 4. The lowest BCUT2D eigenvalue weighted by molar-refractivity contribution is -0.132. The van der Waals surface area contributed by atoms with Gasteiger partial charge < -0.3 is 9.64 Å². The lowest BCUT2D eigenvalue weighted by Crippen LogP contribution is -2.45. The van der Waals surface area contributed by atoms with E-state index in [1.54, 1.807) is 11.8 Å². The maximum Gasteiger partial charge on any atom is 0.235 e. The molecule has 0 N–H and O–H groups in total. The zero-order chi connectivity index (χ0) is 18.7. The Hall–Kier alpha value is -2.09. The number of rotatable bonds is 5. The molecular weight excluding hydrogens is 350 g/mol. The number of nitrogens with zero attached hydrogens (tertiary/aromatic N) is 5. The van der Waals surface area contributed by atoms with Gasteiger partial charge in [0.15, 0.2) is 0 Å². The van der Waals surface area contributed by atoms with Crippen molar-refractivity contribution < 1.29 is 9.53 Å². The number of amides is 1. The molecule has 1 saturated heterocycles. The summed E-state index contributed by atoms with van der Waals surface area (Å²) in [6.45, 7) is 7.97. The minimum Gasteiger partial charge on any atom is -0.494 e. The Balaban J connectivity index is 1.75. The van der Waals surface area contributed by atoms with Crippen molar-refractivity contribution in [2.45, 2.75) is 37.6 Å². The van der Waals surface area contributed by atoms with Gasteiger partial charge in [0.1, 0.15) is 11.4 Å². The highest BCUT2D eigenvalue weighted by Gasteiger charge is 2.29. The summed E-state index contributed by atoms with van der Waals surface area (Å²) in [6, 6.07) is 7.54. The Morgan fingerprint density at radius 1 is 1.27 bits per heavy atom. The van der Waals surface area contributed by atoms with E-state index < -0.39 is 0 Å². The fraction of sp³-hybridized carbons (Fsp3) is 0.556. The normalized spacial score (nSPS) is 21.5. The van der Waals surface area contributed by atoms with Crippen LogP contribution in [0.25, 0.3) is 5.69 Å². The van der Waals surface area contributed by atoms with Crippen LogP contribution in [0.15, 0.2) is 29.4 Å². The van der Waals surface area contributed by atoms with Crippen LogP contribution in [-0.4, -0.2) is 56.5 Å². The first-order valence-corrected chi connectivity index (χ1v) is 9.74. The van der Waals surface area contributed by atoms with Crippen LogP contribution < -0.4 is 4.74 Å². The molecule has 0 aliphatic carbocycles. The SMILES string of the molecule is COc1ccccc1-n1nnnc1S[C@H](C)C(=O)N1C[C@@H](C)C[C@H](C)C1. The molecule has 1 aliphatic rings. The van der Waals surface area contributed by atoms with Gasteiger partial charge in [0, 0.05) is 13.1 Å². The maximum atomic E-state index is 12.9. The third-order valence-corrected chi connectivity index (χ3v) is 5.59. The second kappa shape index (κ2) is 8.07. The molecule has 8 heteroatoms. The van der Waals surface area contributed by atoms with E-state index in [-0.39, 0.29) is 11.2 Å². The highest BCUT2D eigenvalue weighted by molar-refractivity contribution is 8.00. The van der Waals surface area contributed by atoms with E-state index in [9.17, 15) is 4.79 Å². The largest absolute Gasteiger partial charge is 0.494 e. The average molecular weight is 375 g/mol. The molecule has 0 radical (unpaired) electrons. The molecule has 0 saturated carbocycles. The zero-order valence-electron chi connectivity index (χ0n) is 15.6. The molecule has 0 spiro atoms. The monoisotopic (exact) mass is 375 g/mol. The van der Waals surface area contributed by atoms with Crippen LogP contribution in [0.3, 0.4) is 0 Å². The highest BCUT2D eigenvalue weighted by Crippen LogP contribution is 2.29. The lowest BCUT2D eigenvalue weighted by Gasteiger charge is -2.36. The third-order valence-electron chi connectivity index (χ3n) is 4.56. The first-order chi connectivity index (χ1) is 12.5. The van der Waals surface area contributed by atoms with Crippen LogP contribution in [0.5, 0.6) is 5.75 Å². The topological polar surface area (TPSA) is 73.1 Å². The minimum atomic E-state index is -0.257. The van der Waals surface area contributed by atoms with Crippen molar-refractivity contribution in [2.24, 2.45) is 11.8 Å². The molecule has 1 aromatic carbocycles. The van der Waals surface area contributed by atoms with Gasteiger partial charge in [-0.25, -0.2) is 0 Å². The van der Waals surface area contributed by atoms with E-state index in [0.29, 0.717) is 22.7 Å². The van der Waals surface area contributed by atoms with Crippen molar-refractivity contribution in [2.75, 3.05) is 20.2 Å². The van der Waals surface area contributed by atoms with Gasteiger partial charge in [0.25, 0.3) is 0 Å². The predicted octanol–water partition coefficient (Wildman–Crippen LogP) is 2.66. The van der Waals surface area contributed by atoms with E-state index >= 15 is 0 Å². The van der Waals surface area contributed by atoms with Crippen molar-refractivity contribution >= 4 is 17.7 Å². The summed E-state index contributed by atoms with van der Waals surface area (Å²) in [5.41, 5.74) is 0.752. The number of carbonyl (C=O) groups is 1. The first-order valence-electron chi connectivity index (χ1n) is 8.86. The number of hydrogen-bond donors (Lipinski definition) is 0. The van der Waals surface area contributed by atoms with Crippen LogP contribution in [0.1, 0.15) is 27.2 Å². The summed E-state index contributed by atoms with van der Waals surface area (Å²) in [7, 11) is 1.61. The molecule has 1 aliphatic heterocycles. The highest BCUT2D eigenvalue weighted by atomic mass is 32.2. The van der Waals surface area contributed by atoms with Crippen molar-refractivity contribution in [3.8, 4) is 11.4 Å². The number of hydrogen-bond acceptors (Lipinski definition) is 6. The maximum absolute atomic E-state index is 12.9. The molecule has 140 valence electrons. The molecule has 1 amide bonds. The smallest absolute Gasteiger partial charge is 0.235 e. The lowest BCUT2D eigenvalue weighted by atomic mass is 9.92. The van der Waals surface area contributed by atoms with Crippen molar-refractivity contribution in [3.05, 3.63) is 24.3 Å². The van der Waals surface area contributed by atoms with Crippen molar-refractivity contribution in [1.82, 2.24) is 25.1 Å². The molecule has 1 fully saturated rings. The molecule has 3 atom stereocenters. The van der Waals surface area contributed by atoms with Crippen molar-refractivity contribution in [3.63, 3.8) is 0 Å². The van der Waals surface area contributed by atoms with E-state index in [1.165, 1.54) is 18.2 Å². The Morgan fingerprint density at radius 3 is 2.65 bits per heavy atom. The summed E-state index contributed by atoms with van der Waals surface area (Å²) in [4.78, 5) is 14.9. The predicted molar refractivity (Wildman–Crippen MR) is 101 cm³/mol. The second-order valence-electron chi connectivity index (χ2n) is 6.99. The Labute approximate surface area is 158 Å². The van der Waals surface area contributed by atoms with Crippen LogP contribution >= 0.6 is 11.8 Å². The standard InChI is InChI=1S/C18H25N5O2S/c1-12-9-13(2)11-22(10-12)17(24)14(3)26-18-19-20-21-23(18)15-7-5-6-8-16(15)25-4/h5-8,12-14H,9-11H2,1-4H3/t12-,13-,14+/m0/s1. The van der Waals surface area contributed by atoms with E-state index in [2.05, 4.69) is 29.4 Å². The van der Waals surface area contributed by atoms with E-state index in [4.69, 9.17) is 4.74 Å². The molecule has 0 bridgehead atoms. The molecule has 2 aromatic rings. The number of benzene rings is 1. The van der Waals surface area contributed by atoms with Gasteiger partial charge in [-0.05, 0) is 47.7 Å². The van der Waals surface area contributed by atoms with Crippen molar-refractivity contribution in [1.29, 1.82) is 0 Å². The quantitative estimate of drug-likeness (QED) is 0.748. The summed E-state index contributed by atoms with van der Waals surface area (Å²) in [6.07, 6.45) is 1.18. The summed E-state index contributed by atoms with van der Waals surface area (Å²) < 4.78 is 7.01. The summed E-state index contributed by atoms with van der Waals surface area (Å²) >= 11 is 1.38. The van der Waals surface area contributed by atoms with Gasteiger partial charge in [-0.3, -0.25) is 4.79 Å². The molecule has 3 rings (SSSR count). The second-order valence-corrected chi connectivity index (χ2v) is 8.30. The number of piperidine rings is 1. The molecular formula is C18H25N5O2S. The molecule has 2 heterocycles. The van der Waals surface area contributed by atoms with Gasteiger partial charge in [-0.2, -0.15) is 4.68 Å². The van der Waals surface area contributed by atoms with Crippen LogP contribution in [-0.2, 0) is 4.79 Å². The minimum absolute atomic E-state index is 0.142. The van der Waals surface area contributed by atoms with Gasteiger partial charge in [-0.1, -0.05) is 37.7 Å². The third kappa shape index (κ3) is 4.00.